The number of likely N-dealkylation sites (tertiary alicyclic amines) is 1. The second-order valence-electron chi connectivity index (χ2n) is 9.18. The van der Waals surface area contributed by atoms with Crippen LogP contribution < -0.4 is 4.74 Å². The van der Waals surface area contributed by atoms with Gasteiger partial charge in [-0.3, -0.25) is 14.5 Å². The van der Waals surface area contributed by atoms with Crippen LogP contribution in [0.1, 0.15) is 42.5 Å². The number of rotatable bonds is 9. The number of aliphatic hydroxyl groups excluding tert-OH is 1. The summed E-state index contributed by atoms with van der Waals surface area (Å²) < 4.78 is 24.8. The third kappa shape index (κ3) is 5.60. The van der Waals surface area contributed by atoms with Crippen molar-refractivity contribution in [3.8, 4) is 5.75 Å². The Morgan fingerprint density at radius 1 is 1.11 bits per heavy atom. The van der Waals surface area contributed by atoms with Crippen molar-refractivity contribution in [3.05, 3.63) is 70.5 Å². The molecule has 0 aliphatic carbocycles. The van der Waals surface area contributed by atoms with Crippen LogP contribution in [0.2, 0.25) is 0 Å². The Balaban J connectivity index is 1.66. The molecule has 36 heavy (non-hydrogen) atoms. The van der Waals surface area contributed by atoms with E-state index in [1.807, 2.05) is 13.8 Å². The van der Waals surface area contributed by atoms with Crippen molar-refractivity contribution in [3.63, 3.8) is 0 Å². The Hall–Kier alpha value is -3.23. The number of Topliss-reactive ketones (excluding diaryl/α,β-unsaturated/α-hetero) is 1. The van der Waals surface area contributed by atoms with Crippen molar-refractivity contribution in [1.82, 2.24) is 9.80 Å². The number of morpholine rings is 1. The van der Waals surface area contributed by atoms with Gasteiger partial charge in [0.15, 0.2) is 0 Å². The summed E-state index contributed by atoms with van der Waals surface area (Å²) in [6, 6.07) is 10.1. The van der Waals surface area contributed by atoms with E-state index in [0.717, 1.165) is 31.6 Å². The van der Waals surface area contributed by atoms with Gasteiger partial charge in [-0.15, -0.1) is 0 Å². The molecule has 2 saturated heterocycles. The first-order valence-corrected chi connectivity index (χ1v) is 12.5. The van der Waals surface area contributed by atoms with Crippen molar-refractivity contribution in [2.75, 3.05) is 46.0 Å². The topological polar surface area (TPSA) is 79.3 Å². The number of nitrogens with zero attached hydrogens (tertiary/aromatic N) is 2. The number of ketones is 1. The van der Waals surface area contributed by atoms with E-state index in [1.54, 1.807) is 30.3 Å². The maximum absolute atomic E-state index is 13.7. The minimum atomic E-state index is -0.799. The standard InChI is InChI=1S/C28H33FN2O5/c1-3-15-36-23-10-7-21(18-19(23)2)26(32)24-25(20-5-8-22(29)9-6-20)31(28(34)27(24)33)12-4-11-30-13-16-35-17-14-30/h5-10,18,25,32H,3-4,11-17H2,1-2H3/b26-24+. The van der Waals surface area contributed by atoms with Crippen LogP contribution in [0.25, 0.3) is 5.76 Å². The molecule has 1 amide bonds. The zero-order valence-electron chi connectivity index (χ0n) is 20.8. The van der Waals surface area contributed by atoms with E-state index in [4.69, 9.17) is 9.47 Å². The molecule has 7 nitrogen and oxygen atoms in total. The number of amides is 1. The first-order valence-electron chi connectivity index (χ1n) is 12.5. The lowest BCUT2D eigenvalue weighted by Gasteiger charge is -2.29. The molecule has 0 bridgehead atoms. The number of aryl methyl sites for hydroxylation is 1. The first-order chi connectivity index (χ1) is 17.4. The molecule has 1 unspecified atom stereocenters. The lowest BCUT2D eigenvalue weighted by molar-refractivity contribution is -0.140. The number of benzene rings is 2. The summed E-state index contributed by atoms with van der Waals surface area (Å²) in [5.41, 5.74) is 1.82. The normalized spacial score (nSPS) is 20.2. The van der Waals surface area contributed by atoms with Gasteiger partial charge in [0, 0.05) is 31.7 Å². The molecule has 0 radical (unpaired) electrons. The largest absolute Gasteiger partial charge is 0.507 e. The fourth-order valence-electron chi connectivity index (χ4n) is 4.72. The van der Waals surface area contributed by atoms with Crippen LogP contribution in [0, 0.1) is 12.7 Å². The predicted molar refractivity (Wildman–Crippen MR) is 134 cm³/mol. The highest BCUT2D eigenvalue weighted by molar-refractivity contribution is 6.46. The van der Waals surface area contributed by atoms with Crippen molar-refractivity contribution in [1.29, 1.82) is 0 Å². The van der Waals surface area contributed by atoms with Gasteiger partial charge < -0.3 is 19.5 Å². The molecule has 1 atom stereocenters. The highest BCUT2D eigenvalue weighted by atomic mass is 19.1. The molecule has 0 aromatic heterocycles. The molecule has 2 aromatic carbocycles. The first kappa shape index (κ1) is 25.9. The summed E-state index contributed by atoms with van der Waals surface area (Å²) in [5, 5.41) is 11.3. The van der Waals surface area contributed by atoms with Crippen LogP contribution >= 0.6 is 0 Å². The monoisotopic (exact) mass is 496 g/mol. The van der Waals surface area contributed by atoms with Gasteiger partial charge in [0.25, 0.3) is 11.7 Å². The summed E-state index contributed by atoms with van der Waals surface area (Å²) in [4.78, 5) is 30.1. The van der Waals surface area contributed by atoms with E-state index in [9.17, 15) is 19.1 Å². The van der Waals surface area contributed by atoms with Crippen LogP contribution in [0.3, 0.4) is 0 Å². The van der Waals surface area contributed by atoms with Gasteiger partial charge in [0.2, 0.25) is 0 Å². The zero-order chi connectivity index (χ0) is 25.7. The lowest BCUT2D eigenvalue weighted by atomic mass is 9.94. The lowest BCUT2D eigenvalue weighted by Crippen LogP contribution is -2.38. The fraction of sp³-hybridized carbons (Fsp3) is 0.429. The second kappa shape index (κ2) is 11.7. The van der Waals surface area contributed by atoms with E-state index >= 15 is 0 Å². The number of hydrogen-bond acceptors (Lipinski definition) is 6. The van der Waals surface area contributed by atoms with Gasteiger partial charge >= 0.3 is 0 Å². The fourth-order valence-corrected chi connectivity index (χ4v) is 4.72. The third-order valence-electron chi connectivity index (χ3n) is 6.61. The molecule has 1 N–H and O–H groups in total. The minimum Gasteiger partial charge on any atom is -0.507 e. The molecular weight excluding hydrogens is 463 g/mol. The minimum absolute atomic E-state index is 0.0135. The van der Waals surface area contributed by atoms with Crippen molar-refractivity contribution >= 4 is 17.4 Å². The van der Waals surface area contributed by atoms with E-state index in [2.05, 4.69) is 4.90 Å². The number of ether oxygens (including phenoxy) is 2. The molecule has 4 rings (SSSR count). The van der Waals surface area contributed by atoms with Gasteiger partial charge in [-0.05, 0) is 61.2 Å². The average molecular weight is 497 g/mol. The number of hydrogen-bond donors (Lipinski definition) is 1. The summed E-state index contributed by atoms with van der Waals surface area (Å²) >= 11 is 0. The van der Waals surface area contributed by atoms with E-state index < -0.39 is 23.5 Å². The highest BCUT2D eigenvalue weighted by Gasteiger charge is 2.45. The van der Waals surface area contributed by atoms with Gasteiger partial charge in [-0.25, -0.2) is 4.39 Å². The van der Waals surface area contributed by atoms with Crippen molar-refractivity contribution < 1.29 is 28.6 Å². The average Bonchev–Trinajstić information content (AvgIpc) is 3.13. The Labute approximate surface area is 211 Å². The van der Waals surface area contributed by atoms with Gasteiger partial charge in [0.05, 0.1) is 31.4 Å². The number of aliphatic hydroxyl groups is 1. The predicted octanol–water partition coefficient (Wildman–Crippen LogP) is 4.07. The van der Waals surface area contributed by atoms with Crippen molar-refractivity contribution in [2.24, 2.45) is 0 Å². The zero-order valence-corrected chi connectivity index (χ0v) is 20.8. The Kier molecular flexibility index (Phi) is 8.38. The van der Waals surface area contributed by atoms with Crippen LogP contribution in [0.5, 0.6) is 5.75 Å². The molecule has 2 aliphatic heterocycles. The molecule has 2 heterocycles. The summed E-state index contributed by atoms with van der Waals surface area (Å²) in [5.74, 6) is -1.36. The van der Waals surface area contributed by atoms with Crippen LogP contribution in [-0.4, -0.2) is 72.6 Å². The van der Waals surface area contributed by atoms with Crippen LogP contribution in [0.15, 0.2) is 48.0 Å². The number of carbonyl (C=O) groups excluding carboxylic acids is 2. The molecule has 0 saturated carbocycles. The summed E-state index contributed by atoms with van der Waals surface area (Å²) in [6.45, 7) is 8.59. The molecule has 0 spiro atoms. The molecule has 2 fully saturated rings. The van der Waals surface area contributed by atoms with Gasteiger partial charge in [0.1, 0.15) is 17.3 Å². The van der Waals surface area contributed by atoms with E-state index in [-0.39, 0.29) is 11.3 Å². The van der Waals surface area contributed by atoms with Crippen molar-refractivity contribution in [2.45, 2.75) is 32.7 Å². The van der Waals surface area contributed by atoms with Gasteiger partial charge in [-0.1, -0.05) is 19.1 Å². The summed E-state index contributed by atoms with van der Waals surface area (Å²) in [7, 11) is 0. The number of carbonyl (C=O) groups is 2. The second-order valence-corrected chi connectivity index (χ2v) is 9.18. The maximum atomic E-state index is 13.7. The Morgan fingerprint density at radius 2 is 1.83 bits per heavy atom. The van der Waals surface area contributed by atoms with Gasteiger partial charge in [-0.2, -0.15) is 0 Å². The molecule has 2 aromatic rings. The maximum Gasteiger partial charge on any atom is 0.295 e. The highest BCUT2D eigenvalue weighted by Crippen LogP contribution is 2.40. The number of halogens is 1. The smallest absolute Gasteiger partial charge is 0.295 e. The SMILES string of the molecule is CCCOc1ccc(/C(O)=C2\C(=O)C(=O)N(CCCN3CCOCC3)C2c2ccc(F)cc2)cc1C. The third-order valence-corrected chi connectivity index (χ3v) is 6.61. The Bertz CT molecular complexity index is 1130. The summed E-state index contributed by atoms with van der Waals surface area (Å²) in [6.07, 6.45) is 1.53. The van der Waals surface area contributed by atoms with Crippen LogP contribution in [-0.2, 0) is 14.3 Å². The van der Waals surface area contributed by atoms with E-state index in [0.29, 0.717) is 49.7 Å². The molecule has 2 aliphatic rings. The quantitative estimate of drug-likeness (QED) is 0.320. The molecule has 192 valence electrons. The van der Waals surface area contributed by atoms with Crippen LogP contribution in [0.4, 0.5) is 4.39 Å². The Morgan fingerprint density at radius 3 is 2.50 bits per heavy atom. The molecular formula is C28H33FN2O5. The molecule has 8 heteroatoms. The van der Waals surface area contributed by atoms with E-state index in [1.165, 1.54) is 17.0 Å².